The molecule has 1 aromatic carbocycles. The Hall–Kier alpha value is -2.20. The Morgan fingerprint density at radius 3 is 2.72 bits per heavy atom. The van der Waals surface area contributed by atoms with Crippen LogP contribution >= 0.6 is 11.3 Å². The topological polar surface area (TPSA) is 47.3 Å². The Balaban J connectivity index is 2.27. The SMILES string of the molecule is O=Cc1oc2ccccc2c1C(=O)c1cccs1. The number of aldehydes is 1. The van der Waals surface area contributed by atoms with E-state index in [0.717, 1.165) is 0 Å². The molecule has 0 aliphatic carbocycles. The fraction of sp³-hybridized carbons (Fsp3) is 0. The zero-order chi connectivity index (χ0) is 12.5. The molecule has 0 atom stereocenters. The Kier molecular flexibility index (Phi) is 2.57. The van der Waals surface area contributed by atoms with Gasteiger partial charge in [-0.2, -0.15) is 0 Å². The highest BCUT2D eigenvalue weighted by Gasteiger charge is 2.21. The van der Waals surface area contributed by atoms with Crippen molar-refractivity contribution < 1.29 is 14.0 Å². The summed E-state index contributed by atoms with van der Waals surface area (Å²) in [6.07, 6.45) is 0.584. The van der Waals surface area contributed by atoms with Gasteiger partial charge in [-0.05, 0) is 17.5 Å². The smallest absolute Gasteiger partial charge is 0.207 e. The number of hydrogen-bond acceptors (Lipinski definition) is 4. The number of furan rings is 1. The summed E-state index contributed by atoms with van der Waals surface area (Å²) < 4.78 is 5.38. The van der Waals surface area contributed by atoms with Gasteiger partial charge in [-0.1, -0.05) is 24.3 Å². The van der Waals surface area contributed by atoms with Crippen LogP contribution in [0.15, 0.2) is 46.2 Å². The fourth-order valence-corrected chi connectivity index (χ4v) is 2.58. The van der Waals surface area contributed by atoms with E-state index in [9.17, 15) is 9.59 Å². The summed E-state index contributed by atoms with van der Waals surface area (Å²) in [7, 11) is 0. The Morgan fingerprint density at radius 1 is 1.17 bits per heavy atom. The molecule has 3 aromatic rings. The third kappa shape index (κ3) is 1.58. The summed E-state index contributed by atoms with van der Waals surface area (Å²) >= 11 is 1.35. The third-order valence-corrected chi connectivity index (χ3v) is 3.57. The van der Waals surface area contributed by atoms with E-state index >= 15 is 0 Å². The molecule has 0 aliphatic heterocycles. The summed E-state index contributed by atoms with van der Waals surface area (Å²) in [5, 5.41) is 2.51. The molecule has 18 heavy (non-hydrogen) atoms. The monoisotopic (exact) mass is 256 g/mol. The summed E-state index contributed by atoms with van der Waals surface area (Å²) in [6, 6.07) is 10.7. The first kappa shape index (κ1) is 10.9. The Bertz CT molecular complexity index is 723. The quantitative estimate of drug-likeness (QED) is 0.532. The number of carbonyl (C=O) groups is 2. The van der Waals surface area contributed by atoms with Gasteiger partial charge in [0, 0.05) is 5.39 Å². The first-order chi connectivity index (χ1) is 8.81. The zero-order valence-electron chi connectivity index (χ0n) is 9.25. The molecule has 3 rings (SSSR count). The van der Waals surface area contributed by atoms with Crippen molar-refractivity contribution in [3.8, 4) is 0 Å². The maximum atomic E-state index is 12.4. The van der Waals surface area contributed by atoms with Crippen LogP contribution in [0, 0.1) is 0 Å². The molecule has 2 heterocycles. The van der Waals surface area contributed by atoms with Crippen molar-refractivity contribution >= 4 is 34.4 Å². The molecular formula is C14H8O3S. The van der Waals surface area contributed by atoms with Gasteiger partial charge in [0.15, 0.2) is 12.0 Å². The van der Waals surface area contributed by atoms with Crippen molar-refractivity contribution in [2.45, 2.75) is 0 Å². The van der Waals surface area contributed by atoms with Crippen LogP contribution in [-0.4, -0.2) is 12.1 Å². The molecule has 0 aliphatic rings. The first-order valence-electron chi connectivity index (χ1n) is 5.36. The number of ketones is 1. The van der Waals surface area contributed by atoms with E-state index in [1.165, 1.54) is 11.3 Å². The van der Waals surface area contributed by atoms with Gasteiger partial charge in [-0.25, -0.2) is 0 Å². The van der Waals surface area contributed by atoms with Crippen LogP contribution in [0.3, 0.4) is 0 Å². The molecule has 0 fully saturated rings. The second kappa shape index (κ2) is 4.23. The van der Waals surface area contributed by atoms with Crippen molar-refractivity contribution in [3.63, 3.8) is 0 Å². The predicted octanol–water partition coefficient (Wildman–Crippen LogP) is 3.54. The van der Waals surface area contributed by atoms with Gasteiger partial charge in [0.2, 0.25) is 5.78 Å². The predicted molar refractivity (Wildman–Crippen MR) is 69.4 cm³/mol. The average Bonchev–Trinajstić information content (AvgIpc) is 3.04. The Morgan fingerprint density at radius 2 is 2.00 bits per heavy atom. The van der Waals surface area contributed by atoms with Crippen molar-refractivity contribution in [1.82, 2.24) is 0 Å². The highest BCUT2D eigenvalue weighted by molar-refractivity contribution is 7.12. The molecule has 0 radical (unpaired) electrons. The van der Waals surface area contributed by atoms with Crippen LogP contribution in [0.5, 0.6) is 0 Å². The van der Waals surface area contributed by atoms with E-state index in [-0.39, 0.29) is 11.5 Å². The van der Waals surface area contributed by atoms with Crippen LogP contribution in [0.4, 0.5) is 0 Å². The van der Waals surface area contributed by atoms with Crippen LogP contribution in [0.25, 0.3) is 11.0 Å². The second-order valence-electron chi connectivity index (χ2n) is 3.76. The molecule has 0 saturated carbocycles. The molecule has 88 valence electrons. The van der Waals surface area contributed by atoms with Crippen molar-refractivity contribution in [3.05, 3.63) is 58.0 Å². The first-order valence-corrected chi connectivity index (χ1v) is 6.24. The lowest BCUT2D eigenvalue weighted by Gasteiger charge is -1.95. The van der Waals surface area contributed by atoms with Crippen LogP contribution in [0.2, 0.25) is 0 Å². The molecule has 2 aromatic heterocycles. The molecule has 0 spiro atoms. The maximum absolute atomic E-state index is 12.4. The molecule has 0 N–H and O–H groups in total. The van der Waals surface area contributed by atoms with Gasteiger partial charge < -0.3 is 4.42 Å². The van der Waals surface area contributed by atoms with E-state index < -0.39 is 0 Å². The van der Waals surface area contributed by atoms with Crippen molar-refractivity contribution in [1.29, 1.82) is 0 Å². The molecule has 0 bridgehead atoms. The maximum Gasteiger partial charge on any atom is 0.207 e. The number of thiophene rings is 1. The average molecular weight is 256 g/mol. The largest absolute Gasteiger partial charge is 0.452 e. The van der Waals surface area contributed by atoms with Crippen LogP contribution in [-0.2, 0) is 0 Å². The minimum Gasteiger partial charge on any atom is -0.452 e. The van der Waals surface area contributed by atoms with E-state index in [1.807, 2.05) is 11.4 Å². The molecule has 3 nitrogen and oxygen atoms in total. The lowest BCUT2D eigenvalue weighted by atomic mass is 10.1. The van der Waals surface area contributed by atoms with E-state index in [0.29, 0.717) is 27.7 Å². The normalized spacial score (nSPS) is 10.7. The highest BCUT2D eigenvalue weighted by atomic mass is 32.1. The van der Waals surface area contributed by atoms with E-state index in [1.54, 1.807) is 30.3 Å². The van der Waals surface area contributed by atoms with Crippen LogP contribution in [0.1, 0.15) is 25.8 Å². The lowest BCUT2D eigenvalue weighted by molar-refractivity contribution is 0.102. The standard InChI is InChI=1S/C14H8O3S/c15-8-11-13(14(16)12-6-3-7-18-12)9-4-1-2-5-10(9)17-11/h1-8H. The number of benzene rings is 1. The van der Waals surface area contributed by atoms with Gasteiger partial charge in [-0.3, -0.25) is 9.59 Å². The summed E-state index contributed by atoms with van der Waals surface area (Å²) in [6.45, 7) is 0. The van der Waals surface area contributed by atoms with Crippen molar-refractivity contribution in [2.75, 3.05) is 0 Å². The van der Waals surface area contributed by atoms with Gasteiger partial charge in [0.25, 0.3) is 0 Å². The van der Waals surface area contributed by atoms with Gasteiger partial charge >= 0.3 is 0 Å². The minimum absolute atomic E-state index is 0.0922. The zero-order valence-corrected chi connectivity index (χ0v) is 10.1. The number of rotatable bonds is 3. The third-order valence-electron chi connectivity index (χ3n) is 2.70. The molecular weight excluding hydrogens is 248 g/mol. The number of hydrogen-bond donors (Lipinski definition) is 0. The number of carbonyl (C=O) groups excluding carboxylic acids is 2. The van der Waals surface area contributed by atoms with E-state index in [2.05, 4.69) is 0 Å². The van der Waals surface area contributed by atoms with E-state index in [4.69, 9.17) is 4.42 Å². The fourth-order valence-electron chi connectivity index (χ4n) is 1.91. The summed E-state index contributed by atoms with van der Waals surface area (Å²) in [5.74, 6) is -0.0772. The summed E-state index contributed by atoms with van der Waals surface area (Å²) in [5.41, 5.74) is 0.905. The van der Waals surface area contributed by atoms with Gasteiger partial charge in [-0.15, -0.1) is 11.3 Å². The Labute approximate surface area is 107 Å². The molecule has 0 unspecified atom stereocenters. The van der Waals surface area contributed by atoms with Crippen molar-refractivity contribution in [2.24, 2.45) is 0 Å². The molecule has 4 heteroatoms. The number of para-hydroxylation sites is 1. The van der Waals surface area contributed by atoms with Gasteiger partial charge in [0.05, 0.1) is 10.4 Å². The highest BCUT2D eigenvalue weighted by Crippen LogP contribution is 2.28. The minimum atomic E-state index is -0.169. The molecule has 0 amide bonds. The summed E-state index contributed by atoms with van der Waals surface area (Å²) in [4.78, 5) is 24.0. The van der Waals surface area contributed by atoms with Crippen LogP contribution < -0.4 is 0 Å². The second-order valence-corrected chi connectivity index (χ2v) is 4.71. The number of fused-ring (bicyclic) bond motifs is 1. The van der Waals surface area contributed by atoms with Gasteiger partial charge in [0.1, 0.15) is 5.58 Å². The molecule has 0 saturated heterocycles. The lowest BCUT2D eigenvalue weighted by Crippen LogP contribution is -2.00.